The first-order valence-corrected chi connectivity index (χ1v) is 7.16. The quantitative estimate of drug-likeness (QED) is 0.786. The van der Waals surface area contributed by atoms with E-state index in [2.05, 4.69) is 20.8 Å². The van der Waals surface area contributed by atoms with Crippen LogP contribution < -0.4 is 0 Å². The molecule has 0 amide bonds. The molecule has 0 aromatic carbocycles. The van der Waals surface area contributed by atoms with Gasteiger partial charge in [0.25, 0.3) is 0 Å². The number of hydrogen-bond acceptors (Lipinski definition) is 3. The molecular formula is C15H28O3. The molecule has 1 aliphatic carbocycles. The molecule has 0 aromatic heterocycles. The highest BCUT2D eigenvalue weighted by molar-refractivity contribution is 5.79. The molecule has 3 heteroatoms. The zero-order valence-electron chi connectivity index (χ0n) is 12.5. The number of rotatable bonds is 4. The van der Waals surface area contributed by atoms with Gasteiger partial charge in [0.15, 0.2) is 5.60 Å². The van der Waals surface area contributed by atoms with Crippen molar-refractivity contribution in [1.82, 2.24) is 0 Å². The van der Waals surface area contributed by atoms with Crippen LogP contribution in [0, 0.1) is 17.3 Å². The Balaban J connectivity index is 2.86. The Labute approximate surface area is 111 Å². The molecule has 3 atom stereocenters. The molecule has 3 nitrogen and oxygen atoms in total. The fourth-order valence-corrected chi connectivity index (χ4v) is 3.47. The normalized spacial score (nSPS) is 30.6. The van der Waals surface area contributed by atoms with Gasteiger partial charge in [-0.15, -0.1) is 0 Å². The second-order valence-electron chi connectivity index (χ2n) is 6.49. The van der Waals surface area contributed by atoms with E-state index in [9.17, 15) is 9.90 Å². The van der Waals surface area contributed by atoms with E-state index in [-0.39, 0.29) is 5.92 Å². The molecule has 0 heterocycles. The summed E-state index contributed by atoms with van der Waals surface area (Å²) in [7, 11) is 0. The van der Waals surface area contributed by atoms with Gasteiger partial charge in [-0.05, 0) is 43.9 Å². The lowest BCUT2D eigenvalue weighted by Crippen LogP contribution is -2.51. The number of hydrogen-bond donors (Lipinski definition) is 1. The first-order valence-electron chi connectivity index (χ1n) is 7.16. The highest BCUT2D eigenvalue weighted by Gasteiger charge is 2.48. The molecule has 1 N–H and O–H groups in total. The number of carbonyl (C=O) groups excluding carboxylic acids is 1. The van der Waals surface area contributed by atoms with Gasteiger partial charge in [-0.1, -0.05) is 27.7 Å². The molecule has 0 bridgehead atoms. The van der Waals surface area contributed by atoms with Crippen LogP contribution in [0.1, 0.15) is 60.3 Å². The molecule has 1 aliphatic rings. The van der Waals surface area contributed by atoms with Crippen molar-refractivity contribution < 1.29 is 14.6 Å². The monoisotopic (exact) mass is 256 g/mol. The van der Waals surface area contributed by atoms with Crippen LogP contribution in [-0.2, 0) is 9.53 Å². The second-order valence-corrected chi connectivity index (χ2v) is 6.49. The lowest BCUT2D eigenvalue weighted by atomic mass is 9.62. The molecular weight excluding hydrogens is 228 g/mol. The number of ether oxygens (including phenoxy) is 1. The third-order valence-electron chi connectivity index (χ3n) is 4.47. The summed E-state index contributed by atoms with van der Waals surface area (Å²) in [5.41, 5.74) is -0.981. The molecule has 1 rings (SSSR count). The van der Waals surface area contributed by atoms with E-state index in [1.807, 2.05) is 6.92 Å². The molecule has 3 unspecified atom stereocenters. The maximum Gasteiger partial charge on any atom is 0.338 e. The van der Waals surface area contributed by atoms with Crippen molar-refractivity contribution in [2.75, 3.05) is 6.61 Å². The van der Waals surface area contributed by atoms with Crippen LogP contribution in [0.25, 0.3) is 0 Å². The van der Waals surface area contributed by atoms with Crippen LogP contribution >= 0.6 is 0 Å². The Morgan fingerprint density at radius 3 is 2.50 bits per heavy atom. The van der Waals surface area contributed by atoms with Gasteiger partial charge in [-0.3, -0.25) is 0 Å². The average Bonchev–Trinajstić information content (AvgIpc) is 2.27. The zero-order valence-corrected chi connectivity index (χ0v) is 12.5. The summed E-state index contributed by atoms with van der Waals surface area (Å²) in [6.45, 7) is 10.6. The summed E-state index contributed by atoms with van der Waals surface area (Å²) in [5.74, 6) is -0.0678. The maximum atomic E-state index is 12.0. The minimum Gasteiger partial charge on any atom is -0.464 e. The second kappa shape index (κ2) is 5.60. The predicted molar refractivity (Wildman–Crippen MR) is 72.2 cm³/mol. The van der Waals surface area contributed by atoms with Gasteiger partial charge in [0.05, 0.1) is 6.61 Å². The van der Waals surface area contributed by atoms with Crippen LogP contribution in [0.3, 0.4) is 0 Å². The van der Waals surface area contributed by atoms with E-state index in [0.717, 1.165) is 19.3 Å². The van der Waals surface area contributed by atoms with Crippen LogP contribution in [0.15, 0.2) is 0 Å². The van der Waals surface area contributed by atoms with Crippen LogP contribution in [0.5, 0.6) is 0 Å². The molecule has 106 valence electrons. The van der Waals surface area contributed by atoms with Gasteiger partial charge < -0.3 is 9.84 Å². The summed E-state index contributed by atoms with van der Waals surface area (Å²) < 4.78 is 5.06. The van der Waals surface area contributed by atoms with E-state index in [4.69, 9.17) is 4.74 Å². The Bertz CT molecular complexity index is 298. The molecule has 0 radical (unpaired) electrons. The van der Waals surface area contributed by atoms with E-state index < -0.39 is 11.6 Å². The third-order valence-corrected chi connectivity index (χ3v) is 4.47. The summed E-state index contributed by atoms with van der Waals surface area (Å²) in [4.78, 5) is 12.0. The minimum atomic E-state index is -1.30. The lowest BCUT2D eigenvalue weighted by molar-refractivity contribution is -0.178. The lowest BCUT2D eigenvalue weighted by Gasteiger charge is -2.45. The van der Waals surface area contributed by atoms with Gasteiger partial charge in [0.1, 0.15) is 0 Å². The summed E-state index contributed by atoms with van der Waals surface area (Å²) in [6, 6.07) is 0. The third kappa shape index (κ3) is 3.05. The van der Waals surface area contributed by atoms with Crippen LogP contribution in [0.4, 0.5) is 0 Å². The van der Waals surface area contributed by atoms with Crippen molar-refractivity contribution in [2.45, 2.75) is 65.9 Å². The first-order chi connectivity index (χ1) is 8.27. The van der Waals surface area contributed by atoms with E-state index in [1.54, 1.807) is 6.92 Å². The summed E-state index contributed by atoms with van der Waals surface area (Å²) in [6.07, 6.45) is 3.45. The smallest absolute Gasteiger partial charge is 0.338 e. The van der Waals surface area contributed by atoms with Crippen LogP contribution in [0.2, 0.25) is 0 Å². The van der Waals surface area contributed by atoms with Crippen molar-refractivity contribution in [3.05, 3.63) is 0 Å². The molecule has 0 spiro atoms. The van der Waals surface area contributed by atoms with Gasteiger partial charge >= 0.3 is 5.97 Å². The fraction of sp³-hybridized carbons (Fsp3) is 0.933. The Morgan fingerprint density at radius 1 is 1.44 bits per heavy atom. The molecule has 1 fully saturated rings. The highest BCUT2D eigenvalue weighted by atomic mass is 16.5. The highest BCUT2D eigenvalue weighted by Crippen LogP contribution is 2.46. The number of carbonyl (C=O) groups is 1. The Hall–Kier alpha value is -0.570. The summed E-state index contributed by atoms with van der Waals surface area (Å²) in [5, 5.41) is 10.7. The Kier molecular flexibility index (Phi) is 4.82. The van der Waals surface area contributed by atoms with Gasteiger partial charge in [0, 0.05) is 5.92 Å². The Morgan fingerprint density at radius 2 is 2.06 bits per heavy atom. The van der Waals surface area contributed by atoms with Crippen molar-refractivity contribution in [3.63, 3.8) is 0 Å². The van der Waals surface area contributed by atoms with Crippen molar-refractivity contribution in [3.8, 4) is 0 Å². The molecule has 0 aromatic rings. The minimum absolute atomic E-state index is 0.0228. The zero-order chi connectivity index (χ0) is 14.0. The maximum absolute atomic E-state index is 12.0. The van der Waals surface area contributed by atoms with Gasteiger partial charge in [-0.25, -0.2) is 4.79 Å². The van der Waals surface area contributed by atoms with E-state index in [1.165, 1.54) is 0 Å². The van der Waals surface area contributed by atoms with Gasteiger partial charge in [-0.2, -0.15) is 0 Å². The average molecular weight is 256 g/mol. The van der Waals surface area contributed by atoms with Crippen LogP contribution in [-0.4, -0.2) is 23.3 Å². The van der Waals surface area contributed by atoms with Crippen molar-refractivity contribution in [1.29, 1.82) is 0 Å². The fourth-order valence-electron chi connectivity index (χ4n) is 3.47. The molecule has 0 aliphatic heterocycles. The standard InChI is InChI=1S/C15H28O3/c1-6-15(17,13(16)18-7-2)12-8-9-14(4,5)10-11(12)3/h11-12,17H,6-10H2,1-5H3. The number of esters is 1. The van der Waals surface area contributed by atoms with E-state index >= 15 is 0 Å². The molecule has 1 saturated carbocycles. The van der Waals surface area contributed by atoms with Crippen molar-refractivity contribution >= 4 is 5.97 Å². The summed E-state index contributed by atoms with van der Waals surface area (Å²) >= 11 is 0. The number of aliphatic hydroxyl groups is 1. The largest absolute Gasteiger partial charge is 0.464 e. The predicted octanol–water partition coefficient (Wildman–Crippen LogP) is 3.15. The molecule has 18 heavy (non-hydrogen) atoms. The molecule has 0 saturated heterocycles. The first kappa shape index (κ1) is 15.5. The van der Waals surface area contributed by atoms with Gasteiger partial charge in [0.2, 0.25) is 0 Å². The van der Waals surface area contributed by atoms with Crippen molar-refractivity contribution in [2.24, 2.45) is 17.3 Å². The topological polar surface area (TPSA) is 46.5 Å². The SMILES string of the molecule is CCOC(=O)C(O)(CC)C1CCC(C)(C)CC1C. The van der Waals surface area contributed by atoms with E-state index in [0.29, 0.717) is 24.4 Å².